The van der Waals surface area contributed by atoms with Crippen LogP contribution in [-0.2, 0) is 4.74 Å². The van der Waals surface area contributed by atoms with Gasteiger partial charge in [-0.05, 0) is 25.7 Å². The number of nitrogens with two attached hydrogens (primary N) is 1. The molecule has 0 aliphatic heterocycles. The molecule has 0 radical (unpaired) electrons. The maximum atomic E-state index is 10.2. The molecule has 0 aromatic rings. The van der Waals surface area contributed by atoms with Crippen LogP contribution in [0.5, 0.6) is 0 Å². The van der Waals surface area contributed by atoms with E-state index in [1.807, 2.05) is 0 Å². The van der Waals surface area contributed by atoms with Crippen molar-refractivity contribution in [1.29, 1.82) is 0 Å². The fraction of sp³-hybridized carbons (Fsp3) is 1.00. The largest absolute Gasteiger partial charge is 0.387 e. The third-order valence-electron chi connectivity index (χ3n) is 4.10. The monoisotopic (exact) mass is 227 g/mol. The van der Waals surface area contributed by atoms with Crippen molar-refractivity contribution in [3.63, 3.8) is 0 Å². The number of hydrogen-bond donors (Lipinski definition) is 2. The highest BCUT2D eigenvalue weighted by atomic mass is 16.5. The molecule has 94 valence electrons. The van der Waals surface area contributed by atoms with Crippen molar-refractivity contribution in [2.45, 2.75) is 75.5 Å². The van der Waals surface area contributed by atoms with E-state index in [0.29, 0.717) is 6.61 Å². The van der Waals surface area contributed by atoms with Crippen LogP contribution in [0.4, 0.5) is 0 Å². The first-order valence-corrected chi connectivity index (χ1v) is 6.79. The fourth-order valence-electron chi connectivity index (χ4n) is 2.95. The Bertz CT molecular complexity index is 214. The highest BCUT2D eigenvalue weighted by molar-refractivity contribution is 4.85. The Balaban J connectivity index is 1.79. The average Bonchev–Trinajstić information content (AvgIpc) is 2.58. The second-order valence-corrected chi connectivity index (χ2v) is 5.58. The molecule has 2 fully saturated rings. The van der Waals surface area contributed by atoms with Gasteiger partial charge in [0.1, 0.15) is 0 Å². The lowest BCUT2D eigenvalue weighted by molar-refractivity contribution is -0.0764. The molecule has 0 aromatic carbocycles. The van der Waals surface area contributed by atoms with Gasteiger partial charge in [-0.15, -0.1) is 0 Å². The van der Waals surface area contributed by atoms with E-state index in [-0.39, 0.29) is 12.1 Å². The van der Waals surface area contributed by atoms with Crippen LogP contribution in [0.15, 0.2) is 0 Å². The van der Waals surface area contributed by atoms with Gasteiger partial charge in [0, 0.05) is 6.04 Å². The minimum absolute atomic E-state index is 0.173. The van der Waals surface area contributed by atoms with E-state index in [1.54, 1.807) is 0 Å². The first kappa shape index (κ1) is 12.3. The van der Waals surface area contributed by atoms with Crippen LogP contribution < -0.4 is 5.73 Å². The van der Waals surface area contributed by atoms with E-state index in [4.69, 9.17) is 10.5 Å². The summed E-state index contributed by atoms with van der Waals surface area (Å²) in [5.74, 6) is 0. The standard InChI is InChI=1S/C13H25NO2/c14-11-6-2-1-3-7-12(11)16-10-13(15)8-4-5-9-13/h11-12,15H,1-10,14H2. The van der Waals surface area contributed by atoms with Crippen LogP contribution in [0.3, 0.4) is 0 Å². The summed E-state index contributed by atoms with van der Waals surface area (Å²) in [4.78, 5) is 0. The number of aliphatic hydroxyl groups is 1. The van der Waals surface area contributed by atoms with Crippen molar-refractivity contribution < 1.29 is 9.84 Å². The number of rotatable bonds is 3. The summed E-state index contributed by atoms with van der Waals surface area (Å²) in [5.41, 5.74) is 5.55. The van der Waals surface area contributed by atoms with Crippen LogP contribution in [0.2, 0.25) is 0 Å². The normalized spacial score (nSPS) is 34.9. The van der Waals surface area contributed by atoms with E-state index in [0.717, 1.165) is 38.5 Å². The van der Waals surface area contributed by atoms with E-state index in [9.17, 15) is 5.11 Å². The van der Waals surface area contributed by atoms with Crippen molar-refractivity contribution in [1.82, 2.24) is 0 Å². The van der Waals surface area contributed by atoms with E-state index in [2.05, 4.69) is 0 Å². The first-order chi connectivity index (χ1) is 7.70. The number of ether oxygens (including phenoxy) is 1. The molecule has 2 rings (SSSR count). The summed E-state index contributed by atoms with van der Waals surface area (Å²) in [7, 11) is 0. The van der Waals surface area contributed by atoms with Gasteiger partial charge in [0.15, 0.2) is 0 Å². The second-order valence-electron chi connectivity index (χ2n) is 5.58. The molecule has 0 bridgehead atoms. The molecule has 3 N–H and O–H groups in total. The van der Waals surface area contributed by atoms with Crippen LogP contribution in [-0.4, -0.2) is 29.5 Å². The summed E-state index contributed by atoms with van der Waals surface area (Å²) in [6, 6.07) is 0.174. The van der Waals surface area contributed by atoms with E-state index < -0.39 is 5.60 Å². The molecule has 2 atom stereocenters. The van der Waals surface area contributed by atoms with Gasteiger partial charge in [-0.2, -0.15) is 0 Å². The fourth-order valence-corrected chi connectivity index (χ4v) is 2.95. The van der Waals surface area contributed by atoms with Gasteiger partial charge in [-0.1, -0.05) is 32.1 Å². The molecule has 16 heavy (non-hydrogen) atoms. The molecule has 0 saturated heterocycles. The van der Waals surface area contributed by atoms with Crippen molar-refractivity contribution in [2.75, 3.05) is 6.61 Å². The molecular weight excluding hydrogens is 202 g/mol. The highest BCUT2D eigenvalue weighted by Crippen LogP contribution is 2.30. The van der Waals surface area contributed by atoms with Gasteiger partial charge in [0.05, 0.1) is 18.3 Å². The van der Waals surface area contributed by atoms with Crippen LogP contribution in [0.1, 0.15) is 57.8 Å². The summed E-state index contributed by atoms with van der Waals surface area (Å²) >= 11 is 0. The molecule has 3 heteroatoms. The molecule has 3 nitrogen and oxygen atoms in total. The smallest absolute Gasteiger partial charge is 0.0880 e. The molecule has 0 amide bonds. The van der Waals surface area contributed by atoms with Crippen molar-refractivity contribution in [3.05, 3.63) is 0 Å². The molecule has 2 unspecified atom stereocenters. The molecule has 0 spiro atoms. The predicted molar refractivity (Wildman–Crippen MR) is 64.2 cm³/mol. The predicted octanol–water partition coefficient (Wildman–Crippen LogP) is 1.97. The third kappa shape index (κ3) is 3.19. The Morgan fingerprint density at radius 1 is 1.06 bits per heavy atom. The highest BCUT2D eigenvalue weighted by Gasteiger charge is 2.33. The summed E-state index contributed by atoms with van der Waals surface area (Å²) in [5, 5.41) is 10.2. The second kappa shape index (κ2) is 5.48. The van der Waals surface area contributed by atoms with Crippen LogP contribution in [0.25, 0.3) is 0 Å². The molecule has 2 aliphatic rings. The third-order valence-corrected chi connectivity index (χ3v) is 4.10. The molecule has 2 aliphatic carbocycles. The van der Waals surface area contributed by atoms with Gasteiger partial charge in [-0.25, -0.2) is 0 Å². The average molecular weight is 227 g/mol. The Kier molecular flexibility index (Phi) is 4.22. The van der Waals surface area contributed by atoms with Gasteiger partial charge in [-0.3, -0.25) is 0 Å². The van der Waals surface area contributed by atoms with E-state index in [1.165, 1.54) is 19.3 Å². The first-order valence-electron chi connectivity index (χ1n) is 6.79. The number of hydrogen-bond acceptors (Lipinski definition) is 3. The maximum absolute atomic E-state index is 10.2. The zero-order valence-electron chi connectivity index (χ0n) is 10.2. The van der Waals surface area contributed by atoms with Gasteiger partial charge >= 0.3 is 0 Å². The lowest BCUT2D eigenvalue weighted by Crippen LogP contribution is -2.40. The zero-order valence-corrected chi connectivity index (χ0v) is 10.2. The van der Waals surface area contributed by atoms with Crippen LogP contribution >= 0.6 is 0 Å². The molecule has 0 heterocycles. The van der Waals surface area contributed by atoms with Gasteiger partial charge in [0.2, 0.25) is 0 Å². The molecular formula is C13H25NO2. The Morgan fingerprint density at radius 3 is 2.50 bits per heavy atom. The van der Waals surface area contributed by atoms with E-state index >= 15 is 0 Å². The minimum Gasteiger partial charge on any atom is -0.387 e. The summed E-state index contributed by atoms with van der Waals surface area (Å²) in [6.07, 6.45) is 10.1. The minimum atomic E-state index is -0.550. The summed E-state index contributed by atoms with van der Waals surface area (Å²) < 4.78 is 5.89. The SMILES string of the molecule is NC1CCCCCC1OCC1(O)CCCC1. The quantitative estimate of drug-likeness (QED) is 0.725. The Labute approximate surface area is 98.4 Å². The molecule has 0 aromatic heterocycles. The lowest BCUT2D eigenvalue weighted by atomic mass is 10.0. The van der Waals surface area contributed by atoms with Gasteiger partial charge < -0.3 is 15.6 Å². The maximum Gasteiger partial charge on any atom is 0.0880 e. The Hall–Kier alpha value is -0.120. The van der Waals surface area contributed by atoms with Crippen LogP contribution in [0, 0.1) is 0 Å². The molecule has 2 saturated carbocycles. The van der Waals surface area contributed by atoms with Gasteiger partial charge in [0.25, 0.3) is 0 Å². The van der Waals surface area contributed by atoms with Crippen molar-refractivity contribution in [3.8, 4) is 0 Å². The lowest BCUT2D eigenvalue weighted by Gasteiger charge is -2.28. The zero-order chi connectivity index (χ0) is 11.4. The Morgan fingerprint density at radius 2 is 1.75 bits per heavy atom. The van der Waals surface area contributed by atoms with Crippen molar-refractivity contribution >= 4 is 0 Å². The summed E-state index contributed by atoms with van der Waals surface area (Å²) in [6.45, 7) is 0.491. The van der Waals surface area contributed by atoms with Crippen molar-refractivity contribution in [2.24, 2.45) is 5.73 Å². The topological polar surface area (TPSA) is 55.5 Å².